The van der Waals surface area contributed by atoms with Crippen LogP contribution in [0.5, 0.6) is 0 Å². The third-order valence-corrected chi connectivity index (χ3v) is 4.45. The standard InChI is InChI=1S/C17H27NO/c1-13(19)15-7-5-6-8-16(15)18-11-9-14(10-12-18)17(2,3)4/h5-8,13-14,19H,9-12H2,1-4H3/t13-/m1/s1. The number of aliphatic hydroxyl groups excluding tert-OH is 1. The van der Waals surface area contributed by atoms with Crippen LogP contribution in [0.3, 0.4) is 0 Å². The second-order valence-electron chi connectivity index (χ2n) is 6.86. The summed E-state index contributed by atoms with van der Waals surface area (Å²) in [6.45, 7) is 11.1. The maximum Gasteiger partial charge on any atom is 0.0781 e. The first kappa shape index (κ1) is 14.4. The molecule has 0 spiro atoms. The van der Waals surface area contributed by atoms with Crippen molar-refractivity contribution in [1.82, 2.24) is 0 Å². The summed E-state index contributed by atoms with van der Waals surface area (Å²) in [5, 5.41) is 9.89. The molecule has 0 aromatic heterocycles. The van der Waals surface area contributed by atoms with E-state index in [1.807, 2.05) is 19.1 Å². The zero-order valence-corrected chi connectivity index (χ0v) is 12.7. The molecule has 1 aromatic rings. The summed E-state index contributed by atoms with van der Waals surface area (Å²) in [5.74, 6) is 0.808. The van der Waals surface area contributed by atoms with E-state index in [1.54, 1.807) is 0 Å². The normalized spacial score (nSPS) is 19.5. The summed E-state index contributed by atoms with van der Waals surface area (Å²) >= 11 is 0. The Kier molecular flexibility index (Phi) is 4.19. The van der Waals surface area contributed by atoms with E-state index in [0.717, 1.165) is 24.6 Å². The van der Waals surface area contributed by atoms with Crippen molar-refractivity contribution in [2.24, 2.45) is 11.3 Å². The lowest BCUT2D eigenvalue weighted by molar-refractivity contribution is 0.193. The molecule has 1 N–H and O–H groups in total. The fourth-order valence-electron chi connectivity index (χ4n) is 3.12. The number of anilines is 1. The molecule has 2 nitrogen and oxygen atoms in total. The van der Waals surface area contributed by atoms with Gasteiger partial charge >= 0.3 is 0 Å². The molecule has 0 unspecified atom stereocenters. The summed E-state index contributed by atoms with van der Waals surface area (Å²) in [4.78, 5) is 2.43. The Morgan fingerprint density at radius 1 is 1.16 bits per heavy atom. The average Bonchev–Trinajstić information content (AvgIpc) is 2.38. The number of nitrogens with zero attached hydrogens (tertiary/aromatic N) is 1. The largest absolute Gasteiger partial charge is 0.389 e. The van der Waals surface area contributed by atoms with E-state index in [9.17, 15) is 5.11 Å². The van der Waals surface area contributed by atoms with Crippen molar-refractivity contribution < 1.29 is 5.11 Å². The highest BCUT2D eigenvalue weighted by Crippen LogP contribution is 2.36. The number of para-hydroxylation sites is 1. The molecule has 1 heterocycles. The first-order valence-corrected chi connectivity index (χ1v) is 7.41. The van der Waals surface area contributed by atoms with Crippen LogP contribution in [0.4, 0.5) is 5.69 Å². The summed E-state index contributed by atoms with van der Waals surface area (Å²) < 4.78 is 0. The van der Waals surface area contributed by atoms with E-state index in [4.69, 9.17) is 0 Å². The number of hydrogen-bond donors (Lipinski definition) is 1. The zero-order valence-electron chi connectivity index (χ0n) is 12.7. The molecule has 0 bridgehead atoms. The molecule has 1 aromatic carbocycles. The van der Waals surface area contributed by atoms with Crippen LogP contribution in [0.15, 0.2) is 24.3 Å². The van der Waals surface area contributed by atoms with Gasteiger partial charge in [0.15, 0.2) is 0 Å². The van der Waals surface area contributed by atoms with E-state index < -0.39 is 6.10 Å². The quantitative estimate of drug-likeness (QED) is 0.869. The number of rotatable bonds is 2. The van der Waals surface area contributed by atoms with Crippen molar-refractivity contribution in [1.29, 1.82) is 0 Å². The van der Waals surface area contributed by atoms with Crippen LogP contribution in [-0.2, 0) is 0 Å². The maximum absolute atomic E-state index is 9.89. The minimum absolute atomic E-state index is 0.392. The molecule has 1 atom stereocenters. The van der Waals surface area contributed by atoms with E-state index in [0.29, 0.717) is 5.41 Å². The second kappa shape index (κ2) is 5.54. The van der Waals surface area contributed by atoms with Crippen LogP contribution in [0, 0.1) is 11.3 Å². The Hall–Kier alpha value is -1.02. The van der Waals surface area contributed by atoms with Gasteiger partial charge in [-0.05, 0) is 37.2 Å². The lowest BCUT2D eigenvalue weighted by Crippen LogP contribution is -2.38. The number of aliphatic hydroxyl groups is 1. The zero-order chi connectivity index (χ0) is 14.0. The van der Waals surface area contributed by atoms with Gasteiger partial charge in [-0.15, -0.1) is 0 Å². The van der Waals surface area contributed by atoms with E-state index >= 15 is 0 Å². The summed E-state index contributed by atoms with van der Waals surface area (Å²) in [7, 11) is 0. The predicted octanol–water partition coefficient (Wildman–Crippen LogP) is 4.00. The van der Waals surface area contributed by atoms with Crippen LogP contribution in [0.1, 0.15) is 52.2 Å². The van der Waals surface area contributed by atoms with E-state index in [2.05, 4.69) is 37.8 Å². The minimum atomic E-state index is -0.392. The molecule has 2 rings (SSSR count). The number of piperidine rings is 1. The SMILES string of the molecule is C[C@@H](O)c1ccccc1N1CCC(C(C)(C)C)CC1. The van der Waals surface area contributed by atoms with Crippen LogP contribution in [-0.4, -0.2) is 18.2 Å². The van der Waals surface area contributed by atoms with Crippen molar-refractivity contribution in [3.63, 3.8) is 0 Å². The van der Waals surface area contributed by atoms with E-state index in [1.165, 1.54) is 18.5 Å². The van der Waals surface area contributed by atoms with Gasteiger partial charge in [0, 0.05) is 24.3 Å². The highest BCUT2D eigenvalue weighted by molar-refractivity contribution is 5.54. The van der Waals surface area contributed by atoms with Crippen molar-refractivity contribution in [3.8, 4) is 0 Å². The van der Waals surface area contributed by atoms with E-state index in [-0.39, 0.29) is 0 Å². The Labute approximate surface area is 117 Å². The van der Waals surface area contributed by atoms with Gasteiger partial charge in [-0.25, -0.2) is 0 Å². The monoisotopic (exact) mass is 261 g/mol. The summed E-state index contributed by atoms with van der Waals surface area (Å²) in [6.07, 6.45) is 2.10. The van der Waals surface area contributed by atoms with Crippen LogP contribution in [0.2, 0.25) is 0 Å². The van der Waals surface area contributed by atoms with Gasteiger partial charge in [0.05, 0.1) is 6.10 Å². The molecule has 0 radical (unpaired) electrons. The Bertz CT molecular complexity index is 412. The van der Waals surface area contributed by atoms with Gasteiger partial charge in [-0.1, -0.05) is 39.0 Å². The molecule has 2 heteroatoms. The average molecular weight is 261 g/mol. The third kappa shape index (κ3) is 3.30. The maximum atomic E-state index is 9.89. The molecule has 106 valence electrons. The lowest BCUT2D eigenvalue weighted by Gasteiger charge is -2.40. The fourth-order valence-corrected chi connectivity index (χ4v) is 3.12. The highest BCUT2D eigenvalue weighted by Gasteiger charge is 2.29. The molecule has 19 heavy (non-hydrogen) atoms. The molecule has 1 aliphatic heterocycles. The van der Waals surface area contributed by atoms with Crippen molar-refractivity contribution in [2.75, 3.05) is 18.0 Å². The molecular weight excluding hydrogens is 234 g/mol. The number of hydrogen-bond acceptors (Lipinski definition) is 2. The van der Waals surface area contributed by atoms with Crippen LogP contribution < -0.4 is 4.90 Å². The van der Waals surface area contributed by atoms with Gasteiger partial charge in [0.1, 0.15) is 0 Å². The highest BCUT2D eigenvalue weighted by atomic mass is 16.3. The van der Waals surface area contributed by atoms with Crippen molar-refractivity contribution in [2.45, 2.75) is 46.6 Å². The van der Waals surface area contributed by atoms with Gasteiger partial charge < -0.3 is 10.0 Å². The van der Waals surface area contributed by atoms with Crippen molar-refractivity contribution in [3.05, 3.63) is 29.8 Å². The molecule has 1 aliphatic rings. The Balaban J connectivity index is 2.10. The van der Waals surface area contributed by atoms with Crippen LogP contribution in [0.25, 0.3) is 0 Å². The van der Waals surface area contributed by atoms with Gasteiger partial charge in [0.25, 0.3) is 0 Å². The summed E-state index contributed by atoms with van der Waals surface area (Å²) in [6, 6.07) is 8.25. The smallest absolute Gasteiger partial charge is 0.0781 e. The molecule has 0 aliphatic carbocycles. The lowest BCUT2D eigenvalue weighted by atomic mass is 9.75. The molecule has 0 amide bonds. The Morgan fingerprint density at radius 3 is 2.26 bits per heavy atom. The fraction of sp³-hybridized carbons (Fsp3) is 0.647. The third-order valence-electron chi connectivity index (χ3n) is 4.45. The first-order valence-electron chi connectivity index (χ1n) is 7.41. The summed E-state index contributed by atoms with van der Waals surface area (Å²) in [5.41, 5.74) is 2.68. The van der Waals surface area contributed by atoms with Crippen LogP contribution >= 0.6 is 0 Å². The minimum Gasteiger partial charge on any atom is -0.389 e. The van der Waals surface area contributed by atoms with Gasteiger partial charge in [-0.3, -0.25) is 0 Å². The molecule has 0 saturated carbocycles. The molecule has 1 fully saturated rings. The number of benzene rings is 1. The van der Waals surface area contributed by atoms with Crippen molar-refractivity contribution >= 4 is 5.69 Å². The Morgan fingerprint density at radius 2 is 1.74 bits per heavy atom. The predicted molar refractivity (Wildman–Crippen MR) is 81.5 cm³/mol. The van der Waals surface area contributed by atoms with Gasteiger partial charge in [-0.2, -0.15) is 0 Å². The molecular formula is C17H27NO. The molecule has 1 saturated heterocycles. The topological polar surface area (TPSA) is 23.5 Å². The first-order chi connectivity index (χ1) is 8.89. The second-order valence-corrected chi connectivity index (χ2v) is 6.86. The van der Waals surface area contributed by atoms with Gasteiger partial charge in [0.2, 0.25) is 0 Å².